The molecule has 0 amide bonds. The van der Waals surface area contributed by atoms with E-state index in [0.717, 1.165) is 16.1 Å². The molecule has 1 aliphatic heterocycles. The molecule has 162 valence electrons. The molecular formula is C22H18N4O4S2. The van der Waals surface area contributed by atoms with Crippen LogP contribution in [0, 0.1) is 16.0 Å². The highest BCUT2D eigenvalue weighted by molar-refractivity contribution is 7.98. The topological polar surface area (TPSA) is 118 Å². The fraction of sp³-hybridized carbons (Fsp3) is 0.227. The van der Waals surface area contributed by atoms with Crippen molar-refractivity contribution in [3.05, 3.63) is 90.0 Å². The summed E-state index contributed by atoms with van der Waals surface area (Å²) in [4.78, 5) is 44.8. The number of hydrogen-bond acceptors (Lipinski definition) is 8. The number of nitro groups is 1. The maximum absolute atomic E-state index is 13.2. The third-order valence-corrected chi connectivity index (χ3v) is 7.55. The second kappa shape index (κ2) is 8.36. The molecule has 2 aromatic heterocycles. The number of thioether (sulfide) groups is 1. The summed E-state index contributed by atoms with van der Waals surface area (Å²) in [6, 6.07) is 10.2. The maximum Gasteiger partial charge on any atom is 0.269 e. The van der Waals surface area contributed by atoms with Gasteiger partial charge < -0.3 is 10.3 Å². The SMILES string of the molecule is O=C1CCC=C2Nc3nc(SCc4ccc([N+](=O)[O-])cc4)[nH]c(=O)c3[C@H](c3cccs3)[C@@H]12. The number of anilines is 1. The Morgan fingerprint density at radius 2 is 2.00 bits per heavy atom. The van der Waals surface area contributed by atoms with E-state index in [9.17, 15) is 19.7 Å². The third kappa shape index (κ3) is 3.76. The lowest BCUT2D eigenvalue weighted by Gasteiger charge is -2.35. The van der Waals surface area contributed by atoms with Gasteiger partial charge in [0.1, 0.15) is 11.6 Å². The number of fused-ring (bicyclic) bond motifs is 2. The van der Waals surface area contributed by atoms with Crippen LogP contribution in [0.1, 0.15) is 34.8 Å². The summed E-state index contributed by atoms with van der Waals surface area (Å²) in [5.41, 5.74) is 1.96. The lowest BCUT2D eigenvalue weighted by Crippen LogP contribution is -2.38. The highest BCUT2D eigenvalue weighted by Crippen LogP contribution is 2.46. The van der Waals surface area contributed by atoms with Crippen molar-refractivity contribution in [2.24, 2.45) is 5.92 Å². The highest BCUT2D eigenvalue weighted by Gasteiger charge is 2.42. The van der Waals surface area contributed by atoms with E-state index in [-0.39, 0.29) is 22.9 Å². The van der Waals surface area contributed by atoms with Crippen molar-refractivity contribution in [1.29, 1.82) is 0 Å². The van der Waals surface area contributed by atoms with Crippen LogP contribution in [0.3, 0.4) is 0 Å². The average molecular weight is 467 g/mol. The van der Waals surface area contributed by atoms with Gasteiger partial charge in [0, 0.05) is 40.8 Å². The monoisotopic (exact) mass is 466 g/mol. The number of ketones is 1. The summed E-state index contributed by atoms with van der Waals surface area (Å²) in [5, 5.41) is 16.5. The van der Waals surface area contributed by atoms with E-state index in [4.69, 9.17) is 0 Å². The molecule has 0 bridgehead atoms. The number of nitro benzene ring substituents is 1. The fourth-order valence-corrected chi connectivity index (χ4v) is 5.87. The summed E-state index contributed by atoms with van der Waals surface area (Å²) < 4.78 is 0. The van der Waals surface area contributed by atoms with Gasteiger partial charge in [-0.2, -0.15) is 0 Å². The third-order valence-electron chi connectivity index (χ3n) is 5.65. The average Bonchev–Trinajstić information content (AvgIpc) is 3.31. The Morgan fingerprint density at radius 3 is 2.72 bits per heavy atom. The molecule has 0 fully saturated rings. The van der Waals surface area contributed by atoms with Crippen LogP contribution in [0.25, 0.3) is 0 Å². The molecule has 0 unspecified atom stereocenters. The molecule has 0 spiro atoms. The number of allylic oxidation sites excluding steroid dienone is 2. The van der Waals surface area contributed by atoms with Crippen molar-refractivity contribution in [3.63, 3.8) is 0 Å². The lowest BCUT2D eigenvalue weighted by atomic mass is 9.74. The van der Waals surface area contributed by atoms with Crippen LogP contribution in [0.4, 0.5) is 11.5 Å². The van der Waals surface area contributed by atoms with Gasteiger partial charge in [-0.25, -0.2) is 4.98 Å². The zero-order valence-corrected chi connectivity index (χ0v) is 18.4. The van der Waals surface area contributed by atoms with Crippen LogP contribution in [0.5, 0.6) is 0 Å². The highest BCUT2D eigenvalue weighted by atomic mass is 32.2. The molecule has 0 saturated heterocycles. The van der Waals surface area contributed by atoms with E-state index >= 15 is 0 Å². The molecule has 3 aromatic rings. The minimum Gasteiger partial charge on any atom is -0.343 e. The first-order chi connectivity index (χ1) is 15.5. The summed E-state index contributed by atoms with van der Waals surface area (Å²) in [6.45, 7) is 0. The van der Waals surface area contributed by atoms with Gasteiger partial charge in [-0.05, 0) is 23.4 Å². The fourth-order valence-electron chi connectivity index (χ4n) is 4.18. The van der Waals surface area contributed by atoms with E-state index in [0.29, 0.717) is 35.1 Å². The van der Waals surface area contributed by atoms with Crippen molar-refractivity contribution in [2.75, 3.05) is 5.32 Å². The Balaban J connectivity index is 1.47. The van der Waals surface area contributed by atoms with Gasteiger partial charge in [0.15, 0.2) is 5.16 Å². The molecular weight excluding hydrogens is 448 g/mol. The van der Waals surface area contributed by atoms with Crippen LogP contribution in [0.2, 0.25) is 0 Å². The van der Waals surface area contributed by atoms with Gasteiger partial charge >= 0.3 is 0 Å². The minimum atomic E-state index is -0.437. The lowest BCUT2D eigenvalue weighted by molar-refractivity contribution is -0.384. The van der Waals surface area contributed by atoms with Crippen LogP contribution in [0.15, 0.2) is 63.5 Å². The van der Waals surface area contributed by atoms with Crippen molar-refractivity contribution in [3.8, 4) is 0 Å². The second-order valence-electron chi connectivity index (χ2n) is 7.61. The summed E-state index contributed by atoms with van der Waals surface area (Å²) in [5.74, 6) is 0.370. The number of hydrogen-bond donors (Lipinski definition) is 2. The number of aromatic amines is 1. The summed E-state index contributed by atoms with van der Waals surface area (Å²) in [7, 11) is 0. The Hall–Kier alpha value is -3.24. The van der Waals surface area contributed by atoms with Gasteiger partial charge in [0.05, 0.1) is 16.4 Å². The van der Waals surface area contributed by atoms with Crippen molar-refractivity contribution in [1.82, 2.24) is 9.97 Å². The minimum absolute atomic E-state index is 0.0349. The quantitative estimate of drug-likeness (QED) is 0.247. The summed E-state index contributed by atoms with van der Waals surface area (Å²) >= 11 is 2.88. The van der Waals surface area contributed by atoms with Crippen LogP contribution in [-0.4, -0.2) is 20.7 Å². The smallest absolute Gasteiger partial charge is 0.269 e. The number of nitrogens with one attached hydrogen (secondary N) is 2. The Kier molecular flexibility index (Phi) is 5.40. The van der Waals surface area contributed by atoms with Crippen LogP contribution in [-0.2, 0) is 10.5 Å². The molecule has 0 saturated carbocycles. The molecule has 0 radical (unpaired) electrons. The first kappa shape index (κ1) is 20.7. The maximum atomic E-state index is 13.2. The molecule has 1 aromatic carbocycles. The van der Waals surface area contributed by atoms with Crippen molar-refractivity contribution in [2.45, 2.75) is 29.7 Å². The number of carbonyl (C=O) groups is 1. The number of rotatable bonds is 5. The Morgan fingerprint density at radius 1 is 1.19 bits per heavy atom. The molecule has 32 heavy (non-hydrogen) atoms. The zero-order chi connectivity index (χ0) is 22.2. The number of carbonyl (C=O) groups excluding carboxylic acids is 1. The number of thiophene rings is 1. The van der Waals surface area contributed by atoms with Crippen molar-refractivity contribution >= 4 is 40.4 Å². The van der Waals surface area contributed by atoms with Crippen molar-refractivity contribution < 1.29 is 9.72 Å². The molecule has 5 rings (SSSR count). The Labute approximate surface area is 190 Å². The number of non-ortho nitro benzene ring substituents is 1. The predicted octanol–water partition coefficient (Wildman–Crippen LogP) is 4.45. The van der Waals surface area contributed by atoms with E-state index in [1.165, 1.54) is 35.2 Å². The standard InChI is InChI=1S/C22H18N4O4S2/c27-15-4-1-3-14-17(15)18(16-5-2-10-31-16)19-20(23-14)24-22(25-21(19)28)32-11-12-6-8-13(9-7-12)26(29)30/h2-3,5-10,17-18H,1,4,11H2,(H2,23,24,25,28)/t17-,18-/m1/s1. The van der Waals surface area contributed by atoms with E-state index in [1.807, 2.05) is 23.6 Å². The van der Waals surface area contributed by atoms with Crippen LogP contribution >= 0.6 is 23.1 Å². The number of nitrogens with zero attached hydrogens (tertiary/aromatic N) is 2. The van der Waals surface area contributed by atoms with E-state index in [2.05, 4.69) is 15.3 Å². The van der Waals surface area contributed by atoms with Gasteiger partial charge in [-0.3, -0.25) is 19.7 Å². The number of Topliss-reactive ketones (excluding diaryl/α,β-unsaturated/α-hetero) is 1. The van der Waals surface area contributed by atoms with E-state index in [1.54, 1.807) is 12.1 Å². The molecule has 1 aliphatic carbocycles. The van der Waals surface area contributed by atoms with Gasteiger partial charge in [-0.1, -0.05) is 36.0 Å². The van der Waals surface area contributed by atoms with Gasteiger partial charge in [0.2, 0.25) is 0 Å². The first-order valence-electron chi connectivity index (χ1n) is 10.0. The molecule has 8 nitrogen and oxygen atoms in total. The largest absolute Gasteiger partial charge is 0.343 e. The first-order valence-corrected chi connectivity index (χ1v) is 11.9. The second-order valence-corrected chi connectivity index (χ2v) is 9.55. The summed E-state index contributed by atoms with van der Waals surface area (Å²) in [6.07, 6.45) is 3.18. The number of H-pyrrole nitrogens is 1. The van der Waals surface area contributed by atoms with E-state index < -0.39 is 10.8 Å². The molecule has 2 atom stereocenters. The normalized spacial score (nSPS) is 19.5. The van der Waals surface area contributed by atoms with Gasteiger partial charge in [-0.15, -0.1) is 11.3 Å². The molecule has 3 heterocycles. The number of aromatic nitrogens is 2. The van der Waals surface area contributed by atoms with Gasteiger partial charge in [0.25, 0.3) is 11.2 Å². The molecule has 2 aliphatic rings. The zero-order valence-electron chi connectivity index (χ0n) is 16.7. The Bertz CT molecular complexity index is 1280. The molecule has 10 heteroatoms. The number of benzene rings is 1. The molecule has 2 N–H and O–H groups in total. The predicted molar refractivity (Wildman–Crippen MR) is 123 cm³/mol. The van der Waals surface area contributed by atoms with Crippen LogP contribution < -0.4 is 10.9 Å².